The molecule has 2 aliphatic heterocycles. The van der Waals surface area contributed by atoms with E-state index in [0.29, 0.717) is 34.5 Å². The van der Waals surface area contributed by atoms with E-state index in [4.69, 9.17) is 14.2 Å². The molecule has 1 fully saturated rings. The topological polar surface area (TPSA) is 77.4 Å². The number of nitrogens with zero attached hydrogens (tertiary/aromatic N) is 2. The van der Waals surface area contributed by atoms with Crippen LogP contribution in [0.3, 0.4) is 0 Å². The summed E-state index contributed by atoms with van der Waals surface area (Å²) >= 11 is 1.39. The zero-order valence-electron chi connectivity index (χ0n) is 15.9. The van der Waals surface area contributed by atoms with Gasteiger partial charge in [0.25, 0.3) is 0 Å². The maximum absolute atomic E-state index is 12.8. The zero-order valence-corrected chi connectivity index (χ0v) is 16.8. The molecule has 1 amide bonds. The smallest absolute Gasteiger partial charge is 0.338 e. The van der Waals surface area contributed by atoms with E-state index in [0.717, 1.165) is 5.56 Å². The largest absolute Gasteiger partial charge is 0.493 e. The number of rotatable bonds is 5. The van der Waals surface area contributed by atoms with Crippen LogP contribution >= 0.6 is 11.8 Å². The molecule has 0 bridgehead atoms. The highest BCUT2D eigenvalue weighted by atomic mass is 32.2. The van der Waals surface area contributed by atoms with E-state index in [1.807, 2.05) is 19.9 Å². The Hall–Kier alpha value is -2.48. The van der Waals surface area contributed by atoms with Gasteiger partial charge < -0.3 is 14.2 Å². The van der Waals surface area contributed by atoms with Gasteiger partial charge in [0.1, 0.15) is 0 Å². The van der Waals surface area contributed by atoms with Crippen molar-refractivity contribution in [2.24, 2.45) is 4.99 Å². The normalized spacial score (nSPS) is 21.7. The first kappa shape index (κ1) is 19.3. The summed E-state index contributed by atoms with van der Waals surface area (Å²) in [6.07, 6.45) is 0. The molecule has 0 spiro atoms. The number of aliphatic imine (C=N–C) groups is 1. The molecule has 1 saturated heterocycles. The predicted octanol–water partition coefficient (Wildman–Crippen LogP) is 2.92. The van der Waals surface area contributed by atoms with Crippen molar-refractivity contribution in [3.63, 3.8) is 0 Å². The van der Waals surface area contributed by atoms with Crippen LogP contribution in [0.15, 0.2) is 34.5 Å². The molecule has 3 rings (SSSR count). The fourth-order valence-corrected chi connectivity index (χ4v) is 4.25. The summed E-state index contributed by atoms with van der Waals surface area (Å²) in [7, 11) is 2.87. The third kappa shape index (κ3) is 3.29. The van der Waals surface area contributed by atoms with E-state index in [2.05, 4.69) is 4.99 Å². The molecule has 0 aliphatic carbocycles. The second-order valence-corrected chi connectivity index (χ2v) is 7.41. The minimum atomic E-state index is -0.625. The monoisotopic (exact) mass is 390 g/mol. The molecule has 2 unspecified atom stereocenters. The Morgan fingerprint density at radius 3 is 2.67 bits per heavy atom. The van der Waals surface area contributed by atoms with E-state index >= 15 is 0 Å². The number of esters is 1. The Balaban J connectivity index is 2.16. The summed E-state index contributed by atoms with van der Waals surface area (Å²) in [6.45, 7) is 5.97. The second kappa shape index (κ2) is 7.64. The first-order chi connectivity index (χ1) is 12.9. The van der Waals surface area contributed by atoms with Crippen molar-refractivity contribution < 1.29 is 23.8 Å². The molecular weight excluding hydrogens is 368 g/mol. The zero-order chi connectivity index (χ0) is 19.7. The first-order valence-corrected chi connectivity index (χ1v) is 9.49. The molecule has 1 aromatic rings. The van der Waals surface area contributed by atoms with Gasteiger partial charge in [-0.2, -0.15) is 0 Å². The van der Waals surface area contributed by atoms with Crippen LogP contribution in [0.5, 0.6) is 11.5 Å². The maximum Gasteiger partial charge on any atom is 0.338 e. The lowest BCUT2D eigenvalue weighted by atomic mass is 9.94. The van der Waals surface area contributed by atoms with Crippen LogP contribution in [-0.2, 0) is 14.3 Å². The summed E-state index contributed by atoms with van der Waals surface area (Å²) in [6, 6.07) is 4.78. The summed E-state index contributed by atoms with van der Waals surface area (Å²) in [5.41, 5.74) is 1.61. The van der Waals surface area contributed by atoms with Crippen molar-refractivity contribution in [3.8, 4) is 11.5 Å². The molecule has 0 radical (unpaired) electrons. The summed E-state index contributed by atoms with van der Waals surface area (Å²) in [5.74, 6) is 0.535. The average molecular weight is 390 g/mol. The highest BCUT2D eigenvalue weighted by Gasteiger charge is 2.46. The van der Waals surface area contributed by atoms with Crippen LogP contribution in [0, 0.1) is 0 Å². The van der Waals surface area contributed by atoms with Crippen molar-refractivity contribution in [1.29, 1.82) is 0 Å². The molecule has 2 atom stereocenters. The molecule has 0 aromatic heterocycles. The van der Waals surface area contributed by atoms with E-state index in [1.54, 1.807) is 31.1 Å². The fraction of sp³-hybridized carbons (Fsp3) is 0.421. The Kier molecular flexibility index (Phi) is 5.46. The minimum Gasteiger partial charge on any atom is -0.493 e. The number of benzene rings is 1. The quantitative estimate of drug-likeness (QED) is 0.720. The van der Waals surface area contributed by atoms with Crippen molar-refractivity contribution in [1.82, 2.24) is 4.90 Å². The van der Waals surface area contributed by atoms with E-state index in [-0.39, 0.29) is 11.2 Å². The van der Waals surface area contributed by atoms with E-state index in [1.165, 1.54) is 18.9 Å². The third-order valence-corrected chi connectivity index (χ3v) is 5.52. The number of amides is 1. The van der Waals surface area contributed by atoms with E-state index < -0.39 is 12.0 Å². The molecule has 27 heavy (non-hydrogen) atoms. The van der Waals surface area contributed by atoms with Crippen LogP contribution in [0.2, 0.25) is 0 Å². The summed E-state index contributed by atoms with van der Waals surface area (Å²) < 4.78 is 16.0. The second-order valence-electron chi connectivity index (χ2n) is 6.10. The number of thioether (sulfide) groups is 1. The highest BCUT2D eigenvalue weighted by molar-refractivity contribution is 8.15. The number of fused-ring (bicyclic) bond motifs is 1. The Bertz CT molecular complexity index is 849. The lowest BCUT2D eigenvalue weighted by Gasteiger charge is -2.33. The Morgan fingerprint density at radius 2 is 2.04 bits per heavy atom. The third-order valence-electron chi connectivity index (χ3n) is 4.47. The maximum atomic E-state index is 12.8. The van der Waals surface area contributed by atoms with Gasteiger partial charge in [0.15, 0.2) is 16.7 Å². The molecule has 7 nitrogen and oxygen atoms in total. The fourth-order valence-electron chi connectivity index (χ4n) is 3.22. The molecule has 144 valence electrons. The number of allylic oxidation sites excluding steroid dienone is 1. The van der Waals surface area contributed by atoms with Crippen LogP contribution in [0.25, 0.3) is 0 Å². The average Bonchev–Trinajstić information content (AvgIpc) is 2.94. The molecule has 1 aromatic carbocycles. The molecule has 2 aliphatic rings. The number of carbonyl (C=O) groups excluding carboxylic acids is 2. The standard InChI is InChI=1S/C19H22N2O5S/c1-6-26-13-8-7-12(9-14(13)24-4)16-15(18(23)25-5)10(2)20-19-21(16)17(22)11(3)27-19/h7-9,11,16H,6H2,1-5H3. The van der Waals surface area contributed by atoms with Crippen molar-refractivity contribution in [2.75, 3.05) is 20.8 Å². The van der Waals surface area contributed by atoms with Crippen molar-refractivity contribution >= 4 is 28.8 Å². The number of amidine groups is 1. The van der Waals surface area contributed by atoms with Crippen LogP contribution in [0.4, 0.5) is 0 Å². The number of methoxy groups -OCH3 is 2. The lowest BCUT2D eigenvalue weighted by molar-refractivity contribution is -0.137. The first-order valence-electron chi connectivity index (χ1n) is 8.61. The van der Waals surface area contributed by atoms with Gasteiger partial charge in [0.05, 0.1) is 43.4 Å². The Morgan fingerprint density at radius 1 is 1.30 bits per heavy atom. The molecular formula is C19H22N2O5S. The van der Waals surface area contributed by atoms with Gasteiger partial charge in [-0.25, -0.2) is 9.79 Å². The molecule has 0 saturated carbocycles. The van der Waals surface area contributed by atoms with Gasteiger partial charge in [-0.15, -0.1) is 0 Å². The van der Waals surface area contributed by atoms with Crippen LogP contribution < -0.4 is 9.47 Å². The van der Waals surface area contributed by atoms with Crippen LogP contribution in [-0.4, -0.2) is 48.0 Å². The lowest BCUT2D eigenvalue weighted by Crippen LogP contribution is -2.40. The highest BCUT2D eigenvalue weighted by Crippen LogP contribution is 2.44. The van der Waals surface area contributed by atoms with Crippen molar-refractivity contribution in [2.45, 2.75) is 32.1 Å². The Labute approximate surface area is 162 Å². The van der Waals surface area contributed by atoms with Gasteiger partial charge in [-0.1, -0.05) is 17.8 Å². The van der Waals surface area contributed by atoms with Gasteiger partial charge in [-0.3, -0.25) is 9.69 Å². The molecule has 0 N–H and O–H groups in total. The number of hydrogen-bond acceptors (Lipinski definition) is 7. The SMILES string of the molecule is CCOc1ccc(C2C(C(=O)OC)=C(C)N=C3SC(C)C(=O)N32)cc1OC. The summed E-state index contributed by atoms with van der Waals surface area (Å²) in [4.78, 5) is 31.4. The minimum absolute atomic E-state index is 0.0921. The number of hydrogen-bond donors (Lipinski definition) is 0. The van der Waals surface area contributed by atoms with Gasteiger partial charge in [0, 0.05) is 0 Å². The summed E-state index contributed by atoms with van der Waals surface area (Å²) in [5, 5.41) is 0.330. The van der Waals surface area contributed by atoms with Gasteiger partial charge in [-0.05, 0) is 38.5 Å². The van der Waals surface area contributed by atoms with Crippen molar-refractivity contribution in [3.05, 3.63) is 35.0 Å². The van der Waals surface area contributed by atoms with Crippen LogP contribution in [0.1, 0.15) is 32.4 Å². The van der Waals surface area contributed by atoms with Gasteiger partial charge >= 0.3 is 5.97 Å². The predicted molar refractivity (Wildman–Crippen MR) is 103 cm³/mol. The van der Waals surface area contributed by atoms with Gasteiger partial charge in [0.2, 0.25) is 5.91 Å². The molecule has 2 heterocycles. The van der Waals surface area contributed by atoms with E-state index in [9.17, 15) is 9.59 Å². The molecule has 8 heteroatoms. The number of carbonyl (C=O) groups is 2. The number of ether oxygens (including phenoxy) is 3.